The average molecular weight is 921 g/mol. The van der Waals surface area contributed by atoms with E-state index in [0.29, 0.717) is 0 Å². The molecule has 0 fully saturated rings. The van der Waals surface area contributed by atoms with Crippen molar-refractivity contribution in [2.45, 2.75) is 117 Å². The molecule has 0 aliphatic carbocycles. The minimum atomic E-state index is -1.61. The molecule has 0 saturated heterocycles. The summed E-state index contributed by atoms with van der Waals surface area (Å²) in [6.45, 7) is 27.3. The lowest BCUT2D eigenvalue weighted by Crippen LogP contribution is -2.29. The van der Waals surface area contributed by atoms with Gasteiger partial charge in [0.2, 0.25) is 0 Å². The van der Waals surface area contributed by atoms with Crippen LogP contribution in [0, 0.1) is 11.5 Å². The number of aromatic amines is 2. The molecule has 5 heterocycles. The van der Waals surface area contributed by atoms with E-state index in [4.69, 9.17) is 9.97 Å². The number of fused-ring (bicyclic) bond motifs is 8. The number of rotatable bonds is 7. The highest BCUT2D eigenvalue weighted by molar-refractivity contribution is 6.87. The Morgan fingerprint density at radius 2 is 0.638 bits per heavy atom. The fourth-order valence-electron chi connectivity index (χ4n) is 9.77. The first-order chi connectivity index (χ1) is 32.9. The third-order valence-electron chi connectivity index (χ3n) is 14.5. The number of hydrogen-bond acceptors (Lipinski definition) is 2. The van der Waals surface area contributed by atoms with Crippen LogP contribution in [-0.2, 0) is 16.2 Å². The van der Waals surface area contributed by atoms with Crippen molar-refractivity contribution in [1.82, 2.24) is 19.9 Å². The third kappa shape index (κ3) is 9.53. The first-order valence-electron chi connectivity index (χ1n) is 25.0. The summed E-state index contributed by atoms with van der Waals surface area (Å²) in [5.74, 6) is 3.61. The molecule has 0 spiro atoms. The number of hydrogen-bond donors (Lipinski definition) is 2. The van der Waals surface area contributed by atoms with Crippen LogP contribution in [0.3, 0.4) is 0 Å². The number of nitrogens with zero attached hydrogens (tertiary/aromatic N) is 2. The fourth-order valence-corrected chi connectivity index (χ4v) is 12.2. The summed E-state index contributed by atoms with van der Waals surface area (Å²) in [5, 5.41) is 0. The second-order valence-corrected chi connectivity index (χ2v) is 27.1. The first kappa shape index (κ1) is 47.3. The summed E-state index contributed by atoms with van der Waals surface area (Å²) in [4.78, 5) is 19.1. The highest BCUT2D eigenvalue weighted by atomic mass is 28.3. The Morgan fingerprint density at radius 1 is 0.377 bits per heavy atom. The molecule has 3 aromatic heterocycles. The normalized spacial score (nSPS) is 12.9. The molecule has 2 N–H and O–H groups in total. The van der Waals surface area contributed by atoms with Crippen LogP contribution >= 0.6 is 0 Å². The van der Waals surface area contributed by atoms with Gasteiger partial charge < -0.3 is 9.97 Å². The first-order valence-corrected chi connectivity index (χ1v) is 27.6. The Bertz CT molecular complexity index is 3280. The van der Waals surface area contributed by atoms with Crippen LogP contribution in [0.4, 0.5) is 0 Å². The summed E-state index contributed by atoms with van der Waals surface area (Å²) >= 11 is 0. The molecule has 0 saturated carbocycles. The SMILES string of the molecule is CC[Si](C#Cc1ccc(-c2c3nc(c(-c4ccc(C(C)(C)C)cc4)c4ccc([nH]4)c(-c4ccc(C(C)(C)C)cc4)c4nc(c(-c5ccc(C(C)(C)C)cc5)c5ccc2[nH]5)C=C4)C=C3)cc1)(CC)CC. The van der Waals surface area contributed by atoms with Gasteiger partial charge in [-0.25, -0.2) is 9.97 Å². The van der Waals surface area contributed by atoms with Gasteiger partial charge in [-0.1, -0.05) is 174 Å². The van der Waals surface area contributed by atoms with E-state index < -0.39 is 8.07 Å². The highest BCUT2D eigenvalue weighted by Crippen LogP contribution is 2.40. The second kappa shape index (κ2) is 18.3. The summed E-state index contributed by atoms with van der Waals surface area (Å²) in [7, 11) is -1.61. The zero-order valence-corrected chi connectivity index (χ0v) is 43.9. The van der Waals surface area contributed by atoms with Crippen molar-refractivity contribution in [3.8, 4) is 56.0 Å². The predicted octanol–water partition coefficient (Wildman–Crippen LogP) is 17.6. The van der Waals surface area contributed by atoms with Gasteiger partial charge in [-0.3, -0.25) is 0 Å². The van der Waals surface area contributed by atoms with E-state index in [-0.39, 0.29) is 16.2 Å². The standard InChI is InChI=1S/C64H68N4Si/c1-13-69(14-2,15-3)41-40-42-16-18-43(19-17-42)58-50-32-34-52(65-50)59(44-20-26-47(27-21-44)62(4,5)6)54-36-38-56(67-54)61(46-24-30-49(31-25-46)64(10,11)12)57-39-37-55(68-57)60(53-35-33-51(58)66-53)45-22-28-48(29-23-45)63(7,8)9/h16-39,65,68H,13-15H2,1-12H3. The molecule has 8 bridgehead atoms. The van der Waals surface area contributed by atoms with Crippen molar-refractivity contribution in [3.63, 3.8) is 0 Å². The molecule has 2 aliphatic heterocycles. The Kier molecular flexibility index (Phi) is 12.5. The molecule has 2 aliphatic rings. The second-order valence-electron chi connectivity index (χ2n) is 22.2. The third-order valence-corrected chi connectivity index (χ3v) is 19.3. The molecule has 4 aromatic carbocycles. The van der Waals surface area contributed by atoms with Crippen LogP contribution in [0.1, 0.15) is 128 Å². The van der Waals surface area contributed by atoms with E-state index in [1.807, 2.05) is 0 Å². The lowest BCUT2D eigenvalue weighted by molar-refractivity contribution is 0.590. The van der Waals surface area contributed by atoms with Gasteiger partial charge in [0.25, 0.3) is 0 Å². The van der Waals surface area contributed by atoms with Crippen molar-refractivity contribution in [1.29, 1.82) is 0 Å². The van der Waals surface area contributed by atoms with Gasteiger partial charge in [-0.15, -0.1) is 5.54 Å². The topological polar surface area (TPSA) is 57.4 Å². The molecule has 0 radical (unpaired) electrons. The Morgan fingerprint density at radius 3 is 0.884 bits per heavy atom. The van der Waals surface area contributed by atoms with Crippen LogP contribution in [0.2, 0.25) is 18.1 Å². The molecular weight excluding hydrogens is 853 g/mol. The van der Waals surface area contributed by atoms with E-state index in [0.717, 1.165) is 94.9 Å². The van der Waals surface area contributed by atoms with Crippen LogP contribution in [0.25, 0.3) is 90.9 Å². The Hall–Kier alpha value is -6.74. The largest absolute Gasteiger partial charge is 0.354 e. The van der Waals surface area contributed by atoms with E-state index in [2.05, 4.69) is 250 Å². The zero-order valence-electron chi connectivity index (χ0n) is 42.9. The lowest BCUT2D eigenvalue weighted by atomic mass is 9.86. The number of nitrogens with one attached hydrogen (secondary N) is 2. The van der Waals surface area contributed by atoms with Crippen molar-refractivity contribution >= 4 is 54.4 Å². The number of aromatic nitrogens is 4. The summed E-state index contributed by atoms with van der Waals surface area (Å²) in [6, 6.07) is 48.3. The van der Waals surface area contributed by atoms with Gasteiger partial charge in [0.1, 0.15) is 8.07 Å². The van der Waals surface area contributed by atoms with Crippen LogP contribution < -0.4 is 0 Å². The minimum absolute atomic E-state index is 0.0208. The highest BCUT2D eigenvalue weighted by Gasteiger charge is 2.25. The molecular formula is C64H68N4Si. The number of benzene rings is 4. The van der Waals surface area contributed by atoms with Crippen molar-refractivity contribution in [2.75, 3.05) is 0 Å². The molecule has 5 heteroatoms. The van der Waals surface area contributed by atoms with Crippen LogP contribution in [0.15, 0.2) is 121 Å². The monoisotopic (exact) mass is 921 g/mol. The molecule has 0 atom stereocenters. The molecule has 0 unspecified atom stereocenters. The maximum Gasteiger partial charge on any atom is 0.138 e. The van der Waals surface area contributed by atoms with E-state index in [9.17, 15) is 0 Å². The van der Waals surface area contributed by atoms with Gasteiger partial charge in [-0.2, -0.15) is 0 Å². The van der Waals surface area contributed by atoms with Gasteiger partial charge in [-0.05, 0) is 134 Å². The molecule has 7 aromatic rings. The van der Waals surface area contributed by atoms with Crippen molar-refractivity contribution in [2.24, 2.45) is 0 Å². The maximum atomic E-state index is 5.59. The quantitative estimate of drug-likeness (QED) is 0.124. The minimum Gasteiger partial charge on any atom is -0.354 e. The van der Waals surface area contributed by atoms with E-state index >= 15 is 0 Å². The zero-order chi connectivity index (χ0) is 48.9. The van der Waals surface area contributed by atoms with E-state index in [1.54, 1.807) is 0 Å². The van der Waals surface area contributed by atoms with Gasteiger partial charge >= 0.3 is 0 Å². The average Bonchev–Trinajstić information content (AvgIpc) is 4.18. The van der Waals surface area contributed by atoms with E-state index in [1.165, 1.54) is 34.8 Å². The predicted molar refractivity (Wildman–Crippen MR) is 301 cm³/mol. The lowest BCUT2D eigenvalue weighted by Gasteiger charge is -2.20. The van der Waals surface area contributed by atoms with Crippen LogP contribution in [-0.4, -0.2) is 28.0 Å². The Balaban J connectivity index is 1.38. The Labute approximate surface area is 412 Å². The van der Waals surface area contributed by atoms with Gasteiger partial charge in [0.15, 0.2) is 0 Å². The fraction of sp³-hybridized carbons (Fsp3) is 0.281. The molecule has 9 rings (SSSR count). The van der Waals surface area contributed by atoms with Crippen molar-refractivity contribution in [3.05, 3.63) is 166 Å². The molecule has 0 amide bonds. The van der Waals surface area contributed by atoms with Crippen LogP contribution in [0.5, 0.6) is 0 Å². The molecule has 348 valence electrons. The number of H-pyrrole nitrogens is 2. The smallest absolute Gasteiger partial charge is 0.138 e. The van der Waals surface area contributed by atoms with Gasteiger partial charge in [0, 0.05) is 49.9 Å². The summed E-state index contributed by atoms with van der Waals surface area (Å²) in [6.07, 6.45) is 8.74. The summed E-state index contributed by atoms with van der Waals surface area (Å²) < 4.78 is 0. The van der Waals surface area contributed by atoms with Gasteiger partial charge in [0.05, 0.1) is 22.8 Å². The van der Waals surface area contributed by atoms with Crippen molar-refractivity contribution < 1.29 is 0 Å². The molecule has 4 nitrogen and oxygen atoms in total. The molecule has 69 heavy (non-hydrogen) atoms. The summed E-state index contributed by atoms with van der Waals surface area (Å²) in [5.41, 5.74) is 24.9. The maximum absolute atomic E-state index is 5.59.